The van der Waals surface area contributed by atoms with E-state index in [0.29, 0.717) is 12.5 Å². The van der Waals surface area contributed by atoms with Crippen LogP contribution < -0.4 is 16.4 Å². The predicted octanol–water partition coefficient (Wildman–Crippen LogP) is 1.63. The van der Waals surface area contributed by atoms with Gasteiger partial charge in [0.05, 0.1) is 13.1 Å². The van der Waals surface area contributed by atoms with Crippen LogP contribution in [0.4, 0.5) is 0 Å². The lowest BCUT2D eigenvalue weighted by molar-refractivity contribution is -0.125. The molecule has 1 rings (SSSR count). The zero-order chi connectivity index (χ0) is 15.7. The summed E-state index contributed by atoms with van der Waals surface area (Å²) in [6.07, 6.45) is 1.88. The maximum atomic E-state index is 11.6. The molecule has 2 amide bonds. The molecule has 5 nitrogen and oxygen atoms in total. The molecule has 0 bridgehead atoms. The normalized spacial score (nSPS) is 11.2. The third-order valence-corrected chi connectivity index (χ3v) is 3.70. The van der Waals surface area contributed by atoms with Crippen LogP contribution in [0.2, 0.25) is 0 Å². The van der Waals surface area contributed by atoms with Gasteiger partial charge in [-0.15, -0.1) is 12.4 Å². The van der Waals surface area contributed by atoms with Crippen molar-refractivity contribution < 1.29 is 9.59 Å². The van der Waals surface area contributed by atoms with Crippen molar-refractivity contribution in [2.24, 2.45) is 11.7 Å². The molecular weight excluding hydrogens is 370 g/mol. The van der Waals surface area contributed by atoms with Crippen molar-refractivity contribution in [3.63, 3.8) is 0 Å². The first-order valence-electron chi connectivity index (χ1n) is 7.03. The summed E-state index contributed by atoms with van der Waals surface area (Å²) < 4.78 is 1.06. The minimum absolute atomic E-state index is 0. The second kappa shape index (κ2) is 11.5. The third-order valence-electron chi connectivity index (χ3n) is 3.21. The molecule has 124 valence electrons. The van der Waals surface area contributed by atoms with Gasteiger partial charge in [-0.1, -0.05) is 41.4 Å². The maximum absolute atomic E-state index is 11.6. The van der Waals surface area contributed by atoms with E-state index in [-0.39, 0.29) is 37.3 Å². The summed E-state index contributed by atoms with van der Waals surface area (Å²) in [5.74, 6) is -0.149. The molecule has 22 heavy (non-hydrogen) atoms. The van der Waals surface area contributed by atoms with Gasteiger partial charge in [-0.25, -0.2) is 0 Å². The van der Waals surface area contributed by atoms with Gasteiger partial charge in [0.25, 0.3) is 0 Å². The second-order valence-electron chi connectivity index (χ2n) is 4.89. The van der Waals surface area contributed by atoms with E-state index in [4.69, 9.17) is 5.73 Å². The van der Waals surface area contributed by atoms with Gasteiger partial charge in [0, 0.05) is 11.0 Å². The van der Waals surface area contributed by atoms with E-state index in [2.05, 4.69) is 45.6 Å². The number of carbonyl (C=O) groups is 2. The number of amides is 2. The highest BCUT2D eigenvalue weighted by Crippen LogP contribution is 2.16. The Bertz CT molecular complexity index is 486. The maximum Gasteiger partial charge on any atom is 0.239 e. The molecule has 7 heteroatoms. The van der Waals surface area contributed by atoms with Crippen LogP contribution in [0, 0.1) is 5.92 Å². The first-order valence-corrected chi connectivity index (χ1v) is 7.82. The number of carbonyl (C=O) groups excluding carboxylic acids is 2. The minimum atomic E-state index is -0.327. The molecule has 0 saturated carbocycles. The lowest BCUT2D eigenvalue weighted by Crippen LogP contribution is -2.41. The molecule has 1 atom stereocenters. The van der Waals surface area contributed by atoms with Gasteiger partial charge in [0.15, 0.2) is 0 Å². The van der Waals surface area contributed by atoms with Gasteiger partial charge in [-0.05, 0) is 30.0 Å². The number of benzene rings is 1. The van der Waals surface area contributed by atoms with Crippen molar-refractivity contribution in [2.75, 3.05) is 19.6 Å². The molecule has 0 aliphatic rings. The van der Waals surface area contributed by atoms with Crippen molar-refractivity contribution in [1.82, 2.24) is 10.6 Å². The third kappa shape index (κ3) is 8.36. The van der Waals surface area contributed by atoms with Gasteiger partial charge in [0.2, 0.25) is 11.8 Å². The molecule has 1 aromatic carbocycles. The zero-order valence-electron chi connectivity index (χ0n) is 12.6. The fourth-order valence-electron chi connectivity index (χ4n) is 1.93. The van der Waals surface area contributed by atoms with Crippen LogP contribution in [0.25, 0.3) is 0 Å². The van der Waals surface area contributed by atoms with E-state index in [1.807, 2.05) is 12.1 Å². The number of halogens is 2. The molecular formula is C15H23BrClN3O2. The van der Waals surface area contributed by atoms with Crippen LogP contribution in [0.5, 0.6) is 0 Å². The molecule has 0 aliphatic heterocycles. The lowest BCUT2D eigenvalue weighted by atomic mass is 9.97. The van der Waals surface area contributed by atoms with Crippen LogP contribution in [0.1, 0.15) is 18.9 Å². The number of nitrogens with one attached hydrogen (secondary N) is 2. The number of hydrogen-bond acceptors (Lipinski definition) is 3. The number of nitrogens with two attached hydrogens (primary N) is 1. The summed E-state index contributed by atoms with van der Waals surface area (Å²) >= 11 is 3.46. The highest BCUT2D eigenvalue weighted by Gasteiger charge is 2.10. The Labute approximate surface area is 145 Å². The molecule has 0 aromatic heterocycles. The summed E-state index contributed by atoms with van der Waals surface area (Å²) in [6.45, 7) is 2.57. The van der Waals surface area contributed by atoms with Crippen molar-refractivity contribution >= 4 is 40.2 Å². The van der Waals surface area contributed by atoms with Crippen LogP contribution >= 0.6 is 28.3 Å². The fraction of sp³-hybridized carbons (Fsp3) is 0.467. The highest BCUT2D eigenvalue weighted by atomic mass is 79.9. The average molecular weight is 393 g/mol. The van der Waals surface area contributed by atoms with E-state index in [1.54, 1.807) is 0 Å². The van der Waals surface area contributed by atoms with Gasteiger partial charge in [-0.3, -0.25) is 9.59 Å². The topological polar surface area (TPSA) is 84.2 Å². The van der Waals surface area contributed by atoms with Crippen LogP contribution in [0.3, 0.4) is 0 Å². The van der Waals surface area contributed by atoms with Crippen molar-refractivity contribution in [1.29, 1.82) is 0 Å². The van der Waals surface area contributed by atoms with Gasteiger partial charge in [-0.2, -0.15) is 0 Å². The standard InChI is InChI=1S/C15H22BrN3O2.ClH/c1-2-11(6-12-4-3-5-13(16)7-12)9-18-15(21)10-19-14(20)8-17;/h3-5,7,11H,2,6,8-10,17H2,1H3,(H,18,21)(H,19,20);1H. The SMILES string of the molecule is CCC(CNC(=O)CNC(=O)CN)Cc1cccc(Br)c1.Cl. The van der Waals surface area contributed by atoms with Gasteiger partial charge >= 0.3 is 0 Å². The monoisotopic (exact) mass is 391 g/mol. The van der Waals surface area contributed by atoms with E-state index in [1.165, 1.54) is 5.56 Å². The molecule has 1 unspecified atom stereocenters. The summed E-state index contributed by atoms with van der Waals surface area (Å²) in [7, 11) is 0. The fourth-order valence-corrected chi connectivity index (χ4v) is 2.38. The smallest absolute Gasteiger partial charge is 0.239 e. The van der Waals surface area contributed by atoms with Gasteiger partial charge in [0.1, 0.15) is 0 Å². The number of rotatable bonds is 8. The molecule has 1 aromatic rings. The largest absolute Gasteiger partial charge is 0.354 e. The molecule has 0 saturated heterocycles. The highest BCUT2D eigenvalue weighted by molar-refractivity contribution is 9.10. The van der Waals surface area contributed by atoms with E-state index < -0.39 is 0 Å². The quantitative estimate of drug-likeness (QED) is 0.629. The molecule has 4 N–H and O–H groups in total. The Morgan fingerprint density at radius 2 is 2.00 bits per heavy atom. The summed E-state index contributed by atoms with van der Waals surface area (Å²) in [6, 6.07) is 8.17. The van der Waals surface area contributed by atoms with Gasteiger partial charge < -0.3 is 16.4 Å². The van der Waals surface area contributed by atoms with Crippen molar-refractivity contribution in [2.45, 2.75) is 19.8 Å². The molecule has 0 radical (unpaired) electrons. The molecule has 0 heterocycles. The summed E-state index contributed by atoms with van der Waals surface area (Å²) in [5.41, 5.74) is 6.39. The zero-order valence-corrected chi connectivity index (χ0v) is 15.0. The Morgan fingerprint density at radius 3 is 2.59 bits per heavy atom. The Balaban J connectivity index is 0.00000441. The Kier molecular flexibility index (Phi) is 10.9. The summed E-state index contributed by atoms with van der Waals surface area (Å²) in [5, 5.41) is 5.29. The molecule has 0 fully saturated rings. The van der Waals surface area contributed by atoms with Crippen LogP contribution in [-0.4, -0.2) is 31.4 Å². The molecule has 0 aliphatic carbocycles. The van der Waals surface area contributed by atoms with E-state index in [0.717, 1.165) is 17.3 Å². The number of hydrogen-bond donors (Lipinski definition) is 3. The Morgan fingerprint density at radius 1 is 1.27 bits per heavy atom. The Hall–Kier alpha value is -1.11. The second-order valence-corrected chi connectivity index (χ2v) is 5.81. The van der Waals surface area contributed by atoms with Crippen LogP contribution in [-0.2, 0) is 16.0 Å². The lowest BCUT2D eigenvalue weighted by Gasteiger charge is -2.16. The van der Waals surface area contributed by atoms with E-state index in [9.17, 15) is 9.59 Å². The summed E-state index contributed by atoms with van der Waals surface area (Å²) in [4.78, 5) is 22.6. The minimum Gasteiger partial charge on any atom is -0.354 e. The van der Waals surface area contributed by atoms with E-state index >= 15 is 0 Å². The first-order chi connectivity index (χ1) is 10.0. The average Bonchev–Trinajstić information content (AvgIpc) is 2.48. The predicted molar refractivity (Wildman–Crippen MR) is 93.9 cm³/mol. The van der Waals surface area contributed by atoms with Crippen LogP contribution in [0.15, 0.2) is 28.7 Å². The van der Waals surface area contributed by atoms with Crippen molar-refractivity contribution in [3.05, 3.63) is 34.3 Å². The molecule has 0 spiro atoms. The van der Waals surface area contributed by atoms with Crippen molar-refractivity contribution in [3.8, 4) is 0 Å². The first kappa shape index (κ1) is 20.9.